The lowest BCUT2D eigenvalue weighted by Gasteiger charge is -2.23. The van der Waals surface area contributed by atoms with Gasteiger partial charge in [-0.2, -0.15) is 0 Å². The SMILES string of the molecule is c1ccc2cc3c(ccc4cc5cccc(C6CCCCC6)c5cc43)cc2c1. The zero-order valence-corrected chi connectivity index (χ0v) is 16.1. The minimum absolute atomic E-state index is 0.728. The van der Waals surface area contributed by atoms with Crippen LogP contribution in [0.25, 0.3) is 43.1 Å². The summed E-state index contributed by atoms with van der Waals surface area (Å²) in [6, 6.07) is 29.8. The first-order chi connectivity index (χ1) is 13.9. The van der Waals surface area contributed by atoms with Gasteiger partial charge in [-0.05, 0) is 91.7 Å². The van der Waals surface area contributed by atoms with E-state index in [1.807, 2.05) is 0 Å². The summed E-state index contributed by atoms with van der Waals surface area (Å²) in [7, 11) is 0. The second kappa shape index (κ2) is 6.34. The van der Waals surface area contributed by atoms with Crippen molar-refractivity contribution in [3.05, 3.63) is 84.4 Å². The van der Waals surface area contributed by atoms with Crippen molar-refractivity contribution in [1.82, 2.24) is 0 Å². The van der Waals surface area contributed by atoms with Crippen LogP contribution >= 0.6 is 0 Å². The van der Waals surface area contributed by atoms with Crippen molar-refractivity contribution in [3.8, 4) is 0 Å². The number of hydrogen-bond donors (Lipinski definition) is 0. The van der Waals surface area contributed by atoms with Crippen LogP contribution in [0.15, 0.2) is 78.9 Å². The lowest BCUT2D eigenvalue weighted by Crippen LogP contribution is -2.04. The molecule has 0 N–H and O–H groups in total. The van der Waals surface area contributed by atoms with Gasteiger partial charge in [-0.1, -0.05) is 73.9 Å². The Morgan fingerprint density at radius 1 is 0.464 bits per heavy atom. The van der Waals surface area contributed by atoms with Gasteiger partial charge in [0.05, 0.1) is 0 Å². The Morgan fingerprint density at radius 3 is 1.86 bits per heavy atom. The molecule has 28 heavy (non-hydrogen) atoms. The van der Waals surface area contributed by atoms with Gasteiger partial charge in [0.1, 0.15) is 0 Å². The van der Waals surface area contributed by atoms with Crippen LogP contribution in [0.5, 0.6) is 0 Å². The second-order valence-corrected chi connectivity index (χ2v) is 8.46. The first-order valence-corrected chi connectivity index (χ1v) is 10.6. The van der Waals surface area contributed by atoms with Crippen LogP contribution in [0.3, 0.4) is 0 Å². The summed E-state index contributed by atoms with van der Waals surface area (Å²) in [6.45, 7) is 0. The van der Waals surface area contributed by atoms with Crippen molar-refractivity contribution in [2.75, 3.05) is 0 Å². The topological polar surface area (TPSA) is 0 Å². The Hall–Kier alpha value is -2.86. The van der Waals surface area contributed by atoms with Crippen molar-refractivity contribution in [1.29, 1.82) is 0 Å². The molecule has 0 heteroatoms. The van der Waals surface area contributed by atoms with E-state index in [2.05, 4.69) is 78.9 Å². The summed E-state index contributed by atoms with van der Waals surface area (Å²) in [5, 5.41) is 10.9. The smallest absolute Gasteiger partial charge is 0.00987 e. The Morgan fingerprint density at radius 2 is 1.07 bits per heavy atom. The van der Waals surface area contributed by atoms with Crippen LogP contribution in [-0.4, -0.2) is 0 Å². The predicted molar refractivity (Wildman–Crippen MR) is 122 cm³/mol. The molecule has 136 valence electrons. The van der Waals surface area contributed by atoms with Gasteiger partial charge in [0, 0.05) is 0 Å². The van der Waals surface area contributed by atoms with Crippen LogP contribution < -0.4 is 0 Å². The molecule has 0 bridgehead atoms. The Balaban J connectivity index is 1.67. The third-order valence-corrected chi connectivity index (χ3v) is 6.78. The van der Waals surface area contributed by atoms with Gasteiger partial charge in [0.2, 0.25) is 0 Å². The van der Waals surface area contributed by atoms with Crippen LogP contribution in [0, 0.1) is 0 Å². The molecule has 5 aromatic rings. The van der Waals surface area contributed by atoms with Crippen molar-refractivity contribution in [2.45, 2.75) is 38.0 Å². The Bertz CT molecular complexity index is 1340. The van der Waals surface area contributed by atoms with E-state index in [1.54, 1.807) is 5.56 Å². The summed E-state index contributed by atoms with van der Waals surface area (Å²) in [5.41, 5.74) is 1.57. The van der Waals surface area contributed by atoms with Gasteiger partial charge in [-0.15, -0.1) is 0 Å². The molecule has 0 atom stereocenters. The van der Waals surface area contributed by atoms with Crippen molar-refractivity contribution in [3.63, 3.8) is 0 Å². The van der Waals surface area contributed by atoms with E-state index >= 15 is 0 Å². The second-order valence-electron chi connectivity index (χ2n) is 8.46. The first kappa shape index (κ1) is 16.1. The van der Waals surface area contributed by atoms with Gasteiger partial charge in [-0.25, -0.2) is 0 Å². The summed E-state index contributed by atoms with van der Waals surface area (Å²) in [6.07, 6.45) is 6.85. The summed E-state index contributed by atoms with van der Waals surface area (Å²) in [5.74, 6) is 0.728. The molecular weight excluding hydrogens is 336 g/mol. The van der Waals surface area contributed by atoms with Crippen molar-refractivity contribution < 1.29 is 0 Å². The van der Waals surface area contributed by atoms with E-state index in [0.717, 1.165) is 5.92 Å². The highest BCUT2D eigenvalue weighted by Crippen LogP contribution is 2.39. The molecule has 0 radical (unpaired) electrons. The maximum absolute atomic E-state index is 2.48. The molecule has 0 aliphatic heterocycles. The fraction of sp³-hybridized carbons (Fsp3) is 0.214. The molecule has 1 fully saturated rings. The molecule has 6 rings (SSSR count). The van der Waals surface area contributed by atoms with Crippen LogP contribution in [0.4, 0.5) is 0 Å². The first-order valence-electron chi connectivity index (χ1n) is 10.6. The molecule has 0 aromatic heterocycles. The van der Waals surface area contributed by atoms with E-state index < -0.39 is 0 Å². The molecule has 0 nitrogen and oxygen atoms in total. The predicted octanol–water partition coefficient (Wildman–Crippen LogP) is 8.35. The lowest BCUT2D eigenvalue weighted by atomic mass is 9.81. The standard InChI is InChI=1S/C28H24/c1-2-7-19(8-3-1)25-12-6-11-22-16-24-14-13-23-15-20-9-4-5-10-21(20)17-26(23)28(24)18-27(22)25/h4-6,9-19H,1-3,7-8H2. The van der Waals surface area contributed by atoms with Gasteiger partial charge in [-0.3, -0.25) is 0 Å². The monoisotopic (exact) mass is 360 g/mol. The van der Waals surface area contributed by atoms with E-state index in [9.17, 15) is 0 Å². The molecular formula is C28H24. The minimum Gasteiger partial charge on any atom is -0.0616 e. The number of fused-ring (bicyclic) bond motifs is 5. The molecule has 0 amide bonds. The van der Waals surface area contributed by atoms with Crippen LogP contribution in [-0.2, 0) is 0 Å². The van der Waals surface area contributed by atoms with Gasteiger partial charge in [0.15, 0.2) is 0 Å². The molecule has 1 aliphatic carbocycles. The average molecular weight is 361 g/mol. The third-order valence-electron chi connectivity index (χ3n) is 6.78. The van der Waals surface area contributed by atoms with Gasteiger partial charge < -0.3 is 0 Å². The third kappa shape index (κ3) is 2.52. The summed E-state index contributed by atoms with van der Waals surface area (Å²) >= 11 is 0. The number of benzene rings is 5. The van der Waals surface area contributed by atoms with Crippen molar-refractivity contribution >= 4 is 43.1 Å². The van der Waals surface area contributed by atoms with E-state index in [4.69, 9.17) is 0 Å². The number of hydrogen-bond acceptors (Lipinski definition) is 0. The van der Waals surface area contributed by atoms with E-state index in [-0.39, 0.29) is 0 Å². The number of rotatable bonds is 1. The molecule has 0 saturated heterocycles. The normalized spacial score (nSPS) is 15.7. The zero-order chi connectivity index (χ0) is 18.5. The largest absolute Gasteiger partial charge is 0.0616 e. The summed E-state index contributed by atoms with van der Waals surface area (Å²) in [4.78, 5) is 0. The Kier molecular flexibility index (Phi) is 3.65. The molecule has 1 saturated carbocycles. The maximum atomic E-state index is 2.48. The zero-order valence-electron chi connectivity index (χ0n) is 16.1. The van der Waals surface area contributed by atoms with Crippen LogP contribution in [0.2, 0.25) is 0 Å². The highest BCUT2D eigenvalue weighted by Gasteiger charge is 2.18. The van der Waals surface area contributed by atoms with E-state index in [0.29, 0.717) is 0 Å². The molecule has 0 heterocycles. The lowest BCUT2D eigenvalue weighted by molar-refractivity contribution is 0.445. The molecule has 1 aliphatic rings. The van der Waals surface area contributed by atoms with E-state index in [1.165, 1.54) is 75.2 Å². The summed E-state index contributed by atoms with van der Waals surface area (Å²) < 4.78 is 0. The van der Waals surface area contributed by atoms with Gasteiger partial charge in [0.25, 0.3) is 0 Å². The average Bonchev–Trinajstić information content (AvgIpc) is 2.76. The maximum Gasteiger partial charge on any atom is -0.00987 e. The fourth-order valence-electron chi connectivity index (χ4n) is 5.32. The highest BCUT2D eigenvalue weighted by atomic mass is 14.2. The molecule has 5 aromatic carbocycles. The van der Waals surface area contributed by atoms with Gasteiger partial charge >= 0.3 is 0 Å². The fourth-order valence-corrected chi connectivity index (χ4v) is 5.32. The quantitative estimate of drug-likeness (QED) is 0.208. The van der Waals surface area contributed by atoms with Crippen molar-refractivity contribution in [2.24, 2.45) is 0 Å². The molecule has 0 unspecified atom stereocenters. The van der Waals surface area contributed by atoms with Crippen LogP contribution in [0.1, 0.15) is 43.6 Å². The molecule has 0 spiro atoms. The highest BCUT2D eigenvalue weighted by molar-refractivity contribution is 6.15. The Labute approximate surface area is 165 Å². The minimum atomic E-state index is 0.728.